The van der Waals surface area contributed by atoms with Gasteiger partial charge in [-0.3, -0.25) is 4.79 Å². The van der Waals surface area contributed by atoms with Gasteiger partial charge in [0.2, 0.25) is 5.91 Å². The van der Waals surface area contributed by atoms with Gasteiger partial charge in [-0.25, -0.2) is 0 Å². The summed E-state index contributed by atoms with van der Waals surface area (Å²) in [5.41, 5.74) is 2.24. The van der Waals surface area contributed by atoms with Gasteiger partial charge in [0.05, 0.1) is 23.6 Å². The maximum atomic E-state index is 12.5. The number of methoxy groups -OCH3 is 1. The summed E-state index contributed by atoms with van der Waals surface area (Å²) < 4.78 is 7.24. The van der Waals surface area contributed by atoms with Crippen molar-refractivity contribution in [2.75, 3.05) is 18.2 Å². The first-order chi connectivity index (χ1) is 13.9. The van der Waals surface area contributed by atoms with Gasteiger partial charge in [0.15, 0.2) is 11.0 Å². The fraction of sp³-hybridized carbons (Fsp3) is 0.250. The number of carbonyl (C=O) groups is 1. The molecule has 152 valence electrons. The second-order valence-electron chi connectivity index (χ2n) is 6.17. The van der Waals surface area contributed by atoms with E-state index in [1.807, 2.05) is 42.7 Å². The first-order valence-corrected chi connectivity index (χ1v) is 10.6. The number of hydrogen-bond donors (Lipinski definition) is 1. The molecule has 3 aromatic rings. The van der Waals surface area contributed by atoms with Crippen LogP contribution in [0.25, 0.3) is 11.4 Å². The van der Waals surface area contributed by atoms with Crippen LogP contribution in [0.2, 0.25) is 10.0 Å². The van der Waals surface area contributed by atoms with Gasteiger partial charge in [0.1, 0.15) is 5.75 Å². The number of nitrogens with one attached hydrogen (secondary N) is 1. The third-order valence-corrected chi connectivity index (χ3v) is 5.94. The molecule has 2 aromatic carbocycles. The summed E-state index contributed by atoms with van der Waals surface area (Å²) in [6.07, 6.45) is 0. The number of rotatable bonds is 7. The topological polar surface area (TPSA) is 69.0 Å². The molecule has 0 fully saturated rings. The Morgan fingerprint density at radius 1 is 1.21 bits per heavy atom. The highest BCUT2D eigenvalue weighted by molar-refractivity contribution is 7.99. The van der Waals surface area contributed by atoms with E-state index < -0.39 is 0 Å². The highest BCUT2D eigenvalue weighted by Crippen LogP contribution is 2.32. The SMILES string of the molecule is CCn1c(SCC(=O)Nc2cc(C)c(Cl)cc2OC)nnc1-c1ccccc1Cl. The van der Waals surface area contributed by atoms with Gasteiger partial charge in [-0.1, -0.05) is 47.1 Å². The van der Waals surface area contributed by atoms with E-state index in [0.29, 0.717) is 39.0 Å². The predicted octanol–water partition coefficient (Wildman–Crippen LogP) is 5.32. The molecule has 0 saturated carbocycles. The molecule has 0 aliphatic rings. The van der Waals surface area contributed by atoms with E-state index in [-0.39, 0.29) is 11.7 Å². The van der Waals surface area contributed by atoms with E-state index in [1.54, 1.807) is 12.1 Å². The van der Waals surface area contributed by atoms with Crippen LogP contribution in [0.3, 0.4) is 0 Å². The summed E-state index contributed by atoms with van der Waals surface area (Å²) in [6, 6.07) is 10.9. The van der Waals surface area contributed by atoms with Gasteiger partial charge in [-0.2, -0.15) is 0 Å². The van der Waals surface area contributed by atoms with Crippen molar-refractivity contribution < 1.29 is 9.53 Å². The number of halogens is 2. The zero-order valence-corrected chi connectivity index (χ0v) is 18.5. The molecule has 1 aromatic heterocycles. The second-order valence-corrected chi connectivity index (χ2v) is 7.93. The van der Waals surface area contributed by atoms with Crippen LogP contribution in [0, 0.1) is 6.92 Å². The summed E-state index contributed by atoms with van der Waals surface area (Å²) in [6.45, 7) is 4.52. The number of thioether (sulfide) groups is 1. The maximum absolute atomic E-state index is 12.5. The molecule has 0 unspecified atom stereocenters. The molecule has 0 aliphatic carbocycles. The summed E-state index contributed by atoms with van der Waals surface area (Å²) in [4.78, 5) is 12.5. The molecule has 29 heavy (non-hydrogen) atoms. The number of hydrogen-bond acceptors (Lipinski definition) is 5. The van der Waals surface area contributed by atoms with Gasteiger partial charge in [0.25, 0.3) is 0 Å². The van der Waals surface area contributed by atoms with Crippen LogP contribution in [0.15, 0.2) is 41.6 Å². The van der Waals surface area contributed by atoms with Crippen molar-refractivity contribution in [1.29, 1.82) is 0 Å². The first kappa shape index (κ1) is 21.5. The molecule has 0 bridgehead atoms. The van der Waals surface area contributed by atoms with Gasteiger partial charge in [-0.15, -0.1) is 10.2 Å². The fourth-order valence-corrected chi connectivity index (χ4v) is 3.94. The van der Waals surface area contributed by atoms with Gasteiger partial charge < -0.3 is 14.6 Å². The Kier molecular flexibility index (Phi) is 7.05. The lowest BCUT2D eigenvalue weighted by Crippen LogP contribution is -2.15. The zero-order chi connectivity index (χ0) is 21.0. The average Bonchev–Trinajstić information content (AvgIpc) is 3.12. The third kappa shape index (κ3) is 4.86. The van der Waals surface area contributed by atoms with Crippen molar-refractivity contribution >= 4 is 46.6 Å². The number of ether oxygens (including phenoxy) is 1. The molecule has 1 heterocycles. The molecule has 6 nitrogen and oxygen atoms in total. The predicted molar refractivity (Wildman–Crippen MR) is 118 cm³/mol. The quantitative estimate of drug-likeness (QED) is 0.493. The van der Waals surface area contributed by atoms with E-state index in [4.69, 9.17) is 27.9 Å². The Morgan fingerprint density at radius 3 is 2.66 bits per heavy atom. The van der Waals surface area contributed by atoms with Crippen molar-refractivity contribution in [3.63, 3.8) is 0 Å². The monoisotopic (exact) mass is 450 g/mol. The van der Waals surface area contributed by atoms with E-state index in [9.17, 15) is 4.79 Å². The van der Waals surface area contributed by atoms with Crippen LogP contribution in [0.4, 0.5) is 5.69 Å². The van der Waals surface area contributed by atoms with Crippen molar-refractivity contribution in [3.05, 3.63) is 52.0 Å². The Balaban J connectivity index is 1.73. The largest absolute Gasteiger partial charge is 0.495 e. The van der Waals surface area contributed by atoms with Crippen LogP contribution < -0.4 is 10.1 Å². The highest BCUT2D eigenvalue weighted by Gasteiger charge is 2.17. The number of nitrogens with zero attached hydrogens (tertiary/aromatic N) is 3. The fourth-order valence-electron chi connectivity index (χ4n) is 2.77. The van der Waals surface area contributed by atoms with Crippen molar-refractivity contribution in [1.82, 2.24) is 14.8 Å². The Labute approximate surface area is 183 Å². The van der Waals surface area contributed by atoms with Crippen molar-refractivity contribution in [2.45, 2.75) is 25.5 Å². The number of anilines is 1. The number of carbonyl (C=O) groups excluding carboxylic acids is 1. The van der Waals surface area contributed by atoms with Gasteiger partial charge in [0, 0.05) is 23.2 Å². The molecule has 0 saturated heterocycles. The number of amides is 1. The lowest BCUT2D eigenvalue weighted by molar-refractivity contribution is -0.113. The molecule has 1 amide bonds. The second kappa shape index (κ2) is 9.52. The molecule has 0 spiro atoms. The lowest BCUT2D eigenvalue weighted by atomic mass is 10.2. The first-order valence-electron chi connectivity index (χ1n) is 8.89. The van der Waals surface area contributed by atoms with Crippen LogP contribution in [-0.4, -0.2) is 33.5 Å². The molecule has 0 atom stereocenters. The highest BCUT2D eigenvalue weighted by atomic mass is 35.5. The van der Waals surface area contributed by atoms with Crippen molar-refractivity contribution in [3.8, 4) is 17.1 Å². The van der Waals surface area contributed by atoms with Gasteiger partial charge >= 0.3 is 0 Å². The zero-order valence-electron chi connectivity index (χ0n) is 16.2. The standard InChI is InChI=1S/C20H20Cl2N4O2S/c1-4-26-19(13-7-5-6-8-14(13)21)24-25-20(26)29-11-18(27)23-16-9-12(2)15(22)10-17(16)28-3/h5-10H,4,11H2,1-3H3,(H,23,27). The molecule has 0 radical (unpaired) electrons. The smallest absolute Gasteiger partial charge is 0.234 e. The van der Waals surface area contributed by atoms with E-state index >= 15 is 0 Å². The van der Waals surface area contributed by atoms with E-state index in [1.165, 1.54) is 18.9 Å². The summed E-state index contributed by atoms with van der Waals surface area (Å²) in [5.74, 6) is 1.18. The van der Waals surface area contributed by atoms with Gasteiger partial charge in [-0.05, 0) is 37.6 Å². The summed E-state index contributed by atoms with van der Waals surface area (Å²) >= 11 is 13.7. The third-order valence-electron chi connectivity index (χ3n) is 4.24. The molecule has 3 rings (SSSR count). The van der Waals surface area contributed by atoms with E-state index in [0.717, 1.165) is 11.1 Å². The number of benzene rings is 2. The van der Waals surface area contributed by atoms with Crippen LogP contribution in [-0.2, 0) is 11.3 Å². The molecule has 1 N–H and O–H groups in total. The van der Waals surface area contributed by atoms with Crippen molar-refractivity contribution in [2.24, 2.45) is 0 Å². The summed E-state index contributed by atoms with van der Waals surface area (Å²) in [7, 11) is 1.53. The minimum absolute atomic E-state index is 0.172. The Morgan fingerprint density at radius 2 is 1.97 bits per heavy atom. The number of aromatic nitrogens is 3. The number of aryl methyl sites for hydroxylation is 1. The van der Waals surface area contributed by atoms with Crippen LogP contribution in [0.5, 0.6) is 5.75 Å². The minimum atomic E-state index is -0.181. The molecule has 0 aliphatic heterocycles. The Bertz CT molecular complexity index is 1040. The maximum Gasteiger partial charge on any atom is 0.234 e. The van der Waals surface area contributed by atoms with Crippen LogP contribution >= 0.6 is 35.0 Å². The lowest BCUT2D eigenvalue weighted by Gasteiger charge is -2.12. The molecular weight excluding hydrogens is 431 g/mol. The molecule has 9 heteroatoms. The molecular formula is C20H20Cl2N4O2S. The average molecular weight is 451 g/mol. The Hall–Kier alpha value is -2.22. The minimum Gasteiger partial charge on any atom is -0.495 e. The summed E-state index contributed by atoms with van der Waals surface area (Å²) in [5, 5.41) is 13.2. The normalized spacial score (nSPS) is 10.8. The van der Waals surface area contributed by atoms with E-state index in [2.05, 4.69) is 15.5 Å². The van der Waals surface area contributed by atoms with Crippen LogP contribution in [0.1, 0.15) is 12.5 Å².